The molecule has 1 atom stereocenters. The van der Waals surface area contributed by atoms with Crippen molar-refractivity contribution in [3.63, 3.8) is 0 Å². The summed E-state index contributed by atoms with van der Waals surface area (Å²) < 4.78 is 38.3. The highest BCUT2D eigenvalue weighted by Crippen LogP contribution is 2.42. The summed E-state index contributed by atoms with van der Waals surface area (Å²) in [5.41, 5.74) is -0.441. The molecule has 1 saturated heterocycles. The zero-order valence-electron chi connectivity index (χ0n) is 14.8. The van der Waals surface area contributed by atoms with E-state index in [0.29, 0.717) is 6.54 Å². The fourth-order valence-electron chi connectivity index (χ4n) is 3.47. The van der Waals surface area contributed by atoms with Crippen LogP contribution >= 0.6 is 0 Å². The van der Waals surface area contributed by atoms with E-state index in [-0.39, 0.29) is 10.7 Å². The summed E-state index contributed by atoms with van der Waals surface area (Å²) in [4.78, 5) is 8.15. The Balaban J connectivity index is 1.86. The smallest absolute Gasteiger partial charge is 0.262 e. The van der Waals surface area contributed by atoms with Gasteiger partial charge in [-0.2, -0.15) is 0 Å². The first-order valence-electron chi connectivity index (χ1n) is 8.49. The van der Waals surface area contributed by atoms with Crippen molar-refractivity contribution in [2.75, 3.05) is 13.1 Å². The van der Waals surface area contributed by atoms with Crippen molar-refractivity contribution in [1.82, 2.24) is 10.2 Å². The van der Waals surface area contributed by atoms with E-state index in [1.807, 2.05) is 13.8 Å². The Morgan fingerprint density at radius 3 is 2.35 bits per heavy atom. The van der Waals surface area contributed by atoms with Gasteiger partial charge < -0.3 is 5.32 Å². The van der Waals surface area contributed by atoms with E-state index < -0.39 is 21.0 Å². The van der Waals surface area contributed by atoms with Gasteiger partial charge in [-0.3, -0.25) is 4.84 Å². The topological polar surface area (TPSA) is 67.4 Å². The quantitative estimate of drug-likeness (QED) is 0.759. The third-order valence-electron chi connectivity index (χ3n) is 5.16. The van der Waals surface area contributed by atoms with E-state index in [0.717, 1.165) is 18.5 Å². The van der Waals surface area contributed by atoms with Crippen LogP contribution in [-0.2, 0) is 20.3 Å². The zero-order valence-corrected chi connectivity index (χ0v) is 15.6. The average Bonchev–Trinajstić information content (AvgIpc) is 3.13. The minimum absolute atomic E-state index is 0.135. The van der Waals surface area contributed by atoms with Gasteiger partial charge in [-0.05, 0) is 56.6 Å². The maximum Gasteiger partial charge on any atom is 0.262 e. The number of hydrogen-bond donors (Lipinski definition) is 2. The van der Waals surface area contributed by atoms with E-state index in [9.17, 15) is 12.8 Å². The molecule has 0 radical (unpaired) electrons. The first-order valence-corrected chi connectivity index (χ1v) is 9.97. The van der Waals surface area contributed by atoms with E-state index in [1.165, 1.54) is 24.3 Å². The molecule has 1 fully saturated rings. The molecule has 2 N–H and O–H groups in total. The highest BCUT2D eigenvalue weighted by molar-refractivity contribution is 7.89. The van der Waals surface area contributed by atoms with Crippen LogP contribution in [0.25, 0.3) is 0 Å². The number of nitrogens with one attached hydrogen (secondary N) is 2. The molecule has 0 spiro atoms. The Labute approximate surface area is 153 Å². The lowest BCUT2D eigenvalue weighted by molar-refractivity contribution is -0.0977. The van der Waals surface area contributed by atoms with Crippen LogP contribution in [0.1, 0.15) is 25.8 Å². The normalized spacial score (nSPS) is 21.0. The maximum atomic E-state index is 13.3. The van der Waals surface area contributed by atoms with Gasteiger partial charge in [0.05, 0.1) is 10.5 Å². The third-order valence-corrected chi connectivity index (χ3v) is 6.36. The Bertz CT molecular complexity index is 846. The summed E-state index contributed by atoms with van der Waals surface area (Å²) in [6, 6.07) is 14.4. The molecule has 1 heterocycles. The van der Waals surface area contributed by atoms with Gasteiger partial charge in [-0.25, -0.2) is 12.8 Å². The molecule has 1 aliphatic heterocycles. The van der Waals surface area contributed by atoms with Gasteiger partial charge in [0.25, 0.3) is 10.0 Å². The molecule has 0 amide bonds. The number of hydrogen-bond acceptors (Lipinski definition) is 4. The number of rotatable bonds is 6. The van der Waals surface area contributed by atoms with Crippen LogP contribution in [0, 0.1) is 5.82 Å². The van der Waals surface area contributed by atoms with Crippen molar-refractivity contribution < 1.29 is 17.6 Å². The van der Waals surface area contributed by atoms with E-state index >= 15 is 0 Å². The molecule has 26 heavy (non-hydrogen) atoms. The first-order chi connectivity index (χ1) is 12.3. The molecule has 0 unspecified atom stereocenters. The van der Waals surface area contributed by atoms with Gasteiger partial charge in [-0.1, -0.05) is 35.2 Å². The second-order valence-corrected chi connectivity index (χ2v) is 8.67. The molecule has 2 aromatic carbocycles. The van der Waals surface area contributed by atoms with Gasteiger partial charge in [0, 0.05) is 12.0 Å². The van der Waals surface area contributed by atoms with Crippen molar-refractivity contribution in [2.24, 2.45) is 0 Å². The van der Waals surface area contributed by atoms with Crippen molar-refractivity contribution in [1.29, 1.82) is 0 Å². The van der Waals surface area contributed by atoms with Crippen LogP contribution in [0.15, 0.2) is 59.5 Å². The molecule has 0 bridgehead atoms. The molecule has 1 aliphatic rings. The molecular formula is C19H23FN2O3S. The van der Waals surface area contributed by atoms with Crippen LogP contribution in [0.4, 0.5) is 4.39 Å². The highest BCUT2D eigenvalue weighted by Gasteiger charge is 2.50. The average molecular weight is 378 g/mol. The zero-order chi connectivity index (χ0) is 18.8. The summed E-state index contributed by atoms with van der Waals surface area (Å²) in [5.74, 6) is -0.307. The van der Waals surface area contributed by atoms with Gasteiger partial charge in [0.2, 0.25) is 0 Å². The summed E-state index contributed by atoms with van der Waals surface area (Å²) in [6.07, 6.45) is 0.749. The van der Waals surface area contributed by atoms with Crippen molar-refractivity contribution in [2.45, 2.75) is 36.2 Å². The molecule has 2 aromatic rings. The lowest BCUT2D eigenvalue weighted by Gasteiger charge is -2.43. The van der Waals surface area contributed by atoms with Crippen molar-refractivity contribution >= 4 is 10.0 Å². The minimum atomic E-state index is -3.79. The standard InChI is InChI=1S/C19H23FN2O3S/c1-18(2,25-22-26(23,24)17-6-4-3-5-7-17)19(12-13-21-14-19)15-8-10-16(20)11-9-15/h3-11,21-22H,12-14H2,1-2H3/t19-/m1/s1. The lowest BCUT2D eigenvalue weighted by atomic mass is 9.68. The molecule has 140 valence electrons. The molecule has 0 aliphatic carbocycles. The number of benzene rings is 2. The number of halogens is 1. The van der Waals surface area contributed by atoms with Crippen molar-refractivity contribution in [3.8, 4) is 0 Å². The second-order valence-electron chi connectivity index (χ2n) is 7.03. The van der Waals surface area contributed by atoms with Crippen LogP contribution in [0.2, 0.25) is 0 Å². The Hall–Kier alpha value is -1.80. The first kappa shape index (κ1) is 19.0. The van der Waals surface area contributed by atoms with Crippen LogP contribution in [-0.4, -0.2) is 27.1 Å². The molecule has 7 heteroatoms. The Morgan fingerprint density at radius 1 is 1.12 bits per heavy atom. The highest BCUT2D eigenvalue weighted by atomic mass is 32.2. The monoisotopic (exact) mass is 378 g/mol. The van der Waals surface area contributed by atoms with Crippen LogP contribution < -0.4 is 10.2 Å². The summed E-state index contributed by atoms with van der Waals surface area (Å²) in [6.45, 7) is 5.07. The Kier molecular flexibility index (Phi) is 5.16. The van der Waals surface area contributed by atoms with E-state index in [4.69, 9.17) is 4.84 Å². The van der Waals surface area contributed by atoms with E-state index in [1.54, 1.807) is 30.3 Å². The summed E-state index contributed by atoms with van der Waals surface area (Å²) >= 11 is 0. The molecule has 3 rings (SSSR count). The summed E-state index contributed by atoms with van der Waals surface area (Å²) in [5, 5.41) is 3.31. The van der Waals surface area contributed by atoms with Crippen molar-refractivity contribution in [3.05, 3.63) is 66.0 Å². The van der Waals surface area contributed by atoms with Gasteiger partial charge >= 0.3 is 0 Å². The second kappa shape index (κ2) is 7.08. The predicted molar refractivity (Wildman–Crippen MR) is 97.5 cm³/mol. The van der Waals surface area contributed by atoms with Gasteiger partial charge in [0.15, 0.2) is 0 Å². The molecular weight excluding hydrogens is 355 g/mol. The number of sulfonamides is 1. The largest absolute Gasteiger partial charge is 0.316 e. The fourth-order valence-corrected chi connectivity index (χ4v) is 4.40. The predicted octanol–water partition coefficient (Wildman–Crippen LogP) is 2.75. The maximum absolute atomic E-state index is 13.3. The van der Waals surface area contributed by atoms with Crippen LogP contribution in [0.5, 0.6) is 0 Å². The minimum Gasteiger partial charge on any atom is -0.316 e. The fraction of sp³-hybridized carbons (Fsp3) is 0.368. The lowest BCUT2D eigenvalue weighted by Crippen LogP contribution is -2.53. The van der Waals surface area contributed by atoms with Gasteiger partial charge in [-0.15, -0.1) is 0 Å². The molecule has 0 saturated carbocycles. The van der Waals surface area contributed by atoms with E-state index in [2.05, 4.69) is 10.2 Å². The van der Waals surface area contributed by atoms with Gasteiger partial charge in [0.1, 0.15) is 5.82 Å². The third kappa shape index (κ3) is 3.53. The van der Waals surface area contributed by atoms with Crippen LogP contribution in [0.3, 0.4) is 0 Å². The summed E-state index contributed by atoms with van der Waals surface area (Å²) in [7, 11) is -3.79. The molecule has 0 aromatic heterocycles. The SMILES string of the molecule is CC(C)(ONS(=O)(=O)c1ccccc1)[C@]1(c2ccc(F)cc2)CCNC1. The Morgan fingerprint density at radius 2 is 1.77 bits per heavy atom. The molecule has 5 nitrogen and oxygen atoms in total.